The number of aliphatic hydroxyl groups excluding tert-OH is 1. The molecular formula is C15H26O2. The first kappa shape index (κ1) is 12.0. The molecule has 0 heterocycles. The predicted octanol–water partition coefficient (Wildman–Crippen LogP) is 2.99. The molecule has 0 radical (unpaired) electrons. The molecule has 4 bridgehead atoms. The Morgan fingerprint density at radius 3 is 2.12 bits per heavy atom. The summed E-state index contributed by atoms with van der Waals surface area (Å²) in [6, 6.07) is 0. The molecule has 4 fully saturated rings. The van der Waals surface area contributed by atoms with E-state index < -0.39 is 0 Å². The average Bonchev–Trinajstić information content (AvgIpc) is 2.27. The van der Waals surface area contributed by atoms with Gasteiger partial charge in [0.05, 0.1) is 6.10 Å². The van der Waals surface area contributed by atoms with Gasteiger partial charge in [-0.2, -0.15) is 0 Å². The van der Waals surface area contributed by atoms with Crippen LogP contribution in [0.2, 0.25) is 0 Å². The Morgan fingerprint density at radius 2 is 1.65 bits per heavy atom. The van der Waals surface area contributed by atoms with E-state index in [2.05, 4.69) is 6.92 Å². The Balaban J connectivity index is 1.64. The fourth-order valence-electron chi connectivity index (χ4n) is 5.18. The van der Waals surface area contributed by atoms with Gasteiger partial charge < -0.3 is 9.84 Å². The minimum absolute atomic E-state index is 0.258. The van der Waals surface area contributed by atoms with Crippen molar-refractivity contribution in [2.45, 2.75) is 58.0 Å². The Morgan fingerprint density at radius 1 is 1.12 bits per heavy atom. The van der Waals surface area contributed by atoms with Gasteiger partial charge in [-0.15, -0.1) is 0 Å². The van der Waals surface area contributed by atoms with E-state index in [0.717, 1.165) is 30.8 Å². The van der Waals surface area contributed by atoms with E-state index in [1.807, 2.05) is 0 Å². The van der Waals surface area contributed by atoms with Crippen molar-refractivity contribution in [1.82, 2.24) is 0 Å². The van der Waals surface area contributed by atoms with Crippen molar-refractivity contribution in [1.29, 1.82) is 0 Å². The van der Waals surface area contributed by atoms with E-state index in [-0.39, 0.29) is 6.61 Å². The molecule has 1 unspecified atom stereocenters. The molecule has 17 heavy (non-hydrogen) atoms. The van der Waals surface area contributed by atoms with Crippen LogP contribution in [0, 0.1) is 23.2 Å². The summed E-state index contributed by atoms with van der Waals surface area (Å²) in [6.45, 7) is 3.28. The summed E-state index contributed by atoms with van der Waals surface area (Å²) in [5.74, 6) is 3.01. The Hall–Kier alpha value is -0.0800. The fraction of sp³-hybridized carbons (Fsp3) is 1.00. The zero-order valence-electron chi connectivity index (χ0n) is 11.0. The molecule has 1 atom stereocenters. The van der Waals surface area contributed by atoms with Crippen LogP contribution in [-0.4, -0.2) is 24.4 Å². The first-order valence-corrected chi connectivity index (χ1v) is 7.44. The van der Waals surface area contributed by atoms with E-state index in [9.17, 15) is 0 Å². The predicted molar refractivity (Wildman–Crippen MR) is 67.7 cm³/mol. The molecule has 1 N–H and O–H groups in total. The summed E-state index contributed by atoms with van der Waals surface area (Å²) < 4.78 is 6.01. The largest absolute Gasteiger partial charge is 0.396 e. The second kappa shape index (κ2) is 4.55. The zero-order chi connectivity index (χ0) is 11.9. The highest BCUT2D eigenvalue weighted by atomic mass is 16.5. The molecule has 4 aliphatic carbocycles. The van der Waals surface area contributed by atoms with Crippen LogP contribution in [0.25, 0.3) is 0 Å². The van der Waals surface area contributed by atoms with Crippen molar-refractivity contribution >= 4 is 0 Å². The van der Waals surface area contributed by atoms with Crippen LogP contribution >= 0.6 is 0 Å². The van der Waals surface area contributed by atoms with Crippen LogP contribution in [0.5, 0.6) is 0 Å². The second-order valence-corrected chi connectivity index (χ2v) is 6.87. The van der Waals surface area contributed by atoms with Gasteiger partial charge in [0.2, 0.25) is 0 Å². The third kappa shape index (κ3) is 2.15. The topological polar surface area (TPSA) is 29.5 Å². The van der Waals surface area contributed by atoms with Gasteiger partial charge in [0, 0.05) is 13.2 Å². The van der Waals surface area contributed by atoms with Gasteiger partial charge in [0.15, 0.2) is 0 Å². The van der Waals surface area contributed by atoms with Gasteiger partial charge in [-0.05, 0) is 75.0 Å². The molecule has 0 aromatic rings. The molecule has 0 aromatic heterocycles. The Labute approximate surface area is 105 Å². The summed E-state index contributed by atoms with van der Waals surface area (Å²) in [5, 5.41) is 8.83. The third-order valence-electron chi connectivity index (χ3n) is 5.62. The number of ether oxygens (including phenoxy) is 1. The van der Waals surface area contributed by atoms with Crippen molar-refractivity contribution in [2.24, 2.45) is 23.2 Å². The third-order valence-corrected chi connectivity index (χ3v) is 5.62. The van der Waals surface area contributed by atoms with Gasteiger partial charge in [0.1, 0.15) is 0 Å². The number of hydrogen-bond donors (Lipinski definition) is 1. The lowest BCUT2D eigenvalue weighted by atomic mass is 9.48. The van der Waals surface area contributed by atoms with Crippen molar-refractivity contribution in [3.63, 3.8) is 0 Å². The normalized spacial score (nSPS) is 45.2. The van der Waals surface area contributed by atoms with Gasteiger partial charge in [-0.3, -0.25) is 0 Å². The molecule has 2 heteroatoms. The Kier molecular flexibility index (Phi) is 3.20. The SMILES string of the molecule is CC(OCCCO)C12CC3CC(CC(C3)C1)C2. The number of hydrogen-bond acceptors (Lipinski definition) is 2. The van der Waals surface area contributed by atoms with E-state index in [4.69, 9.17) is 9.84 Å². The van der Waals surface area contributed by atoms with E-state index >= 15 is 0 Å². The lowest BCUT2D eigenvalue weighted by molar-refractivity contribution is -0.136. The lowest BCUT2D eigenvalue weighted by Gasteiger charge is -2.58. The number of aliphatic hydroxyl groups is 1. The van der Waals surface area contributed by atoms with Gasteiger partial charge in [0.25, 0.3) is 0 Å². The maximum Gasteiger partial charge on any atom is 0.0603 e. The molecular weight excluding hydrogens is 212 g/mol. The average molecular weight is 238 g/mol. The highest BCUT2D eigenvalue weighted by Gasteiger charge is 2.53. The van der Waals surface area contributed by atoms with Gasteiger partial charge in [-0.25, -0.2) is 0 Å². The Bertz CT molecular complexity index is 239. The maximum atomic E-state index is 8.83. The summed E-state index contributed by atoms with van der Waals surface area (Å²) in [6.07, 6.45) is 9.95. The van der Waals surface area contributed by atoms with Crippen LogP contribution < -0.4 is 0 Å². The van der Waals surface area contributed by atoms with E-state index in [1.54, 1.807) is 0 Å². The van der Waals surface area contributed by atoms with Crippen LogP contribution in [0.15, 0.2) is 0 Å². The first-order chi connectivity index (χ1) is 8.22. The molecule has 2 nitrogen and oxygen atoms in total. The smallest absolute Gasteiger partial charge is 0.0603 e. The summed E-state index contributed by atoms with van der Waals surface area (Å²) in [4.78, 5) is 0. The summed E-state index contributed by atoms with van der Waals surface area (Å²) in [7, 11) is 0. The standard InChI is InChI=1S/C15H26O2/c1-11(17-4-2-3-16)15-8-12-5-13(9-15)7-14(6-12)10-15/h11-14,16H,2-10H2,1H3. The van der Waals surface area contributed by atoms with E-state index in [1.165, 1.54) is 38.5 Å². The molecule has 0 aliphatic heterocycles. The van der Waals surface area contributed by atoms with Crippen molar-refractivity contribution in [3.05, 3.63) is 0 Å². The second-order valence-electron chi connectivity index (χ2n) is 6.87. The zero-order valence-corrected chi connectivity index (χ0v) is 11.0. The fourth-order valence-corrected chi connectivity index (χ4v) is 5.18. The summed E-state index contributed by atoms with van der Waals surface area (Å²) >= 11 is 0. The lowest BCUT2D eigenvalue weighted by Crippen LogP contribution is -2.51. The monoisotopic (exact) mass is 238 g/mol. The molecule has 98 valence electrons. The highest BCUT2D eigenvalue weighted by Crippen LogP contribution is 2.61. The van der Waals surface area contributed by atoms with Crippen LogP contribution in [0.4, 0.5) is 0 Å². The molecule has 0 saturated heterocycles. The molecule has 4 saturated carbocycles. The van der Waals surface area contributed by atoms with Crippen molar-refractivity contribution in [3.8, 4) is 0 Å². The summed E-state index contributed by atoms with van der Waals surface area (Å²) in [5.41, 5.74) is 0.504. The first-order valence-electron chi connectivity index (χ1n) is 7.44. The number of rotatable bonds is 5. The molecule has 0 spiro atoms. The van der Waals surface area contributed by atoms with Crippen LogP contribution in [-0.2, 0) is 4.74 Å². The van der Waals surface area contributed by atoms with Crippen LogP contribution in [0.3, 0.4) is 0 Å². The van der Waals surface area contributed by atoms with Gasteiger partial charge in [-0.1, -0.05) is 0 Å². The van der Waals surface area contributed by atoms with Crippen molar-refractivity contribution < 1.29 is 9.84 Å². The molecule has 4 rings (SSSR count). The van der Waals surface area contributed by atoms with Crippen LogP contribution in [0.1, 0.15) is 51.9 Å². The molecule has 0 amide bonds. The van der Waals surface area contributed by atoms with Crippen molar-refractivity contribution in [2.75, 3.05) is 13.2 Å². The maximum absolute atomic E-state index is 8.83. The highest BCUT2D eigenvalue weighted by molar-refractivity contribution is 5.03. The molecule has 4 aliphatic rings. The minimum atomic E-state index is 0.258. The molecule has 0 aromatic carbocycles. The minimum Gasteiger partial charge on any atom is -0.396 e. The quantitative estimate of drug-likeness (QED) is 0.746. The van der Waals surface area contributed by atoms with E-state index in [0.29, 0.717) is 11.5 Å². The van der Waals surface area contributed by atoms with Gasteiger partial charge >= 0.3 is 0 Å².